The quantitative estimate of drug-likeness (QED) is 0.417. The molecule has 0 amide bonds. The van der Waals surface area contributed by atoms with Crippen molar-refractivity contribution < 1.29 is 14.3 Å². The summed E-state index contributed by atoms with van der Waals surface area (Å²) in [5.41, 5.74) is 2.66. The van der Waals surface area contributed by atoms with Crippen LogP contribution in [0.25, 0.3) is 16.9 Å². The standard InChI is InChI=1S/C23H17ClN2O3/c1-28-20-12-5-9-17(13-20)23(27)29-22-15-21(16-7-3-2-4-8-16)25-26(22)19-11-6-10-18(24)14-19/h2-15H,1H3. The number of carbonyl (C=O) groups excluding carboxylic acids is 1. The summed E-state index contributed by atoms with van der Waals surface area (Å²) >= 11 is 6.14. The van der Waals surface area contributed by atoms with E-state index in [1.54, 1.807) is 54.3 Å². The average Bonchev–Trinajstić information content (AvgIpc) is 3.18. The number of hydrogen-bond donors (Lipinski definition) is 0. The van der Waals surface area contributed by atoms with Crippen LogP contribution in [0, 0.1) is 0 Å². The van der Waals surface area contributed by atoms with Crippen LogP contribution >= 0.6 is 11.6 Å². The van der Waals surface area contributed by atoms with Crippen molar-refractivity contribution in [3.63, 3.8) is 0 Å². The number of ether oxygens (including phenoxy) is 2. The van der Waals surface area contributed by atoms with Crippen molar-refractivity contribution in [3.8, 4) is 28.6 Å². The highest BCUT2D eigenvalue weighted by Gasteiger charge is 2.17. The Balaban J connectivity index is 1.74. The zero-order valence-electron chi connectivity index (χ0n) is 15.6. The van der Waals surface area contributed by atoms with Gasteiger partial charge < -0.3 is 9.47 Å². The maximum atomic E-state index is 12.7. The van der Waals surface area contributed by atoms with Crippen molar-refractivity contribution in [2.75, 3.05) is 7.11 Å². The summed E-state index contributed by atoms with van der Waals surface area (Å²) in [6.45, 7) is 0. The molecule has 1 heterocycles. The van der Waals surface area contributed by atoms with Crippen LogP contribution in [-0.2, 0) is 0 Å². The second kappa shape index (κ2) is 8.20. The molecule has 0 fully saturated rings. The highest BCUT2D eigenvalue weighted by atomic mass is 35.5. The summed E-state index contributed by atoms with van der Waals surface area (Å²) in [7, 11) is 1.55. The molecule has 29 heavy (non-hydrogen) atoms. The number of methoxy groups -OCH3 is 1. The van der Waals surface area contributed by atoms with Crippen molar-refractivity contribution in [1.29, 1.82) is 0 Å². The second-order valence-electron chi connectivity index (χ2n) is 6.25. The molecular weight excluding hydrogens is 388 g/mol. The molecule has 0 aliphatic heterocycles. The molecule has 0 aliphatic rings. The smallest absolute Gasteiger partial charge is 0.344 e. The molecule has 3 aromatic carbocycles. The van der Waals surface area contributed by atoms with Crippen LogP contribution in [0.2, 0.25) is 5.02 Å². The molecule has 0 N–H and O–H groups in total. The van der Waals surface area contributed by atoms with Gasteiger partial charge in [0.1, 0.15) is 5.75 Å². The lowest BCUT2D eigenvalue weighted by atomic mass is 10.2. The van der Waals surface area contributed by atoms with Crippen molar-refractivity contribution in [2.45, 2.75) is 0 Å². The molecule has 0 atom stereocenters. The van der Waals surface area contributed by atoms with E-state index < -0.39 is 5.97 Å². The summed E-state index contributed by atoms with van der Waals surface area (Å²) < 4.78 is 12.4. The summed E-state index contributed by atoms with van der Waals surface area (Å²) in [6, 6.07) is 25.4. The molecule has 0 unspecified atom stereocenters. The lowest BCUT2D eigenvalue weighted by Crippen LogP contribution is -2.11. The Hall–Kier alpha value is -3.57. The minimum atomic E-state index is -0.508. The van der Waals surface area contributed by atoms with Crippen molar-refractivity contribution >= 4 is 17.6 Å². The van der Waals surface area contributed by atoms with Gasteiger partial charge in [-0.3, -0.25) is 0 Å². The van der Waals surface area contributed by atoms with Gasteiger partial charge in [-0.25, -0.2) is 4.79 Å². The van der Waals surface area contributed by atoms with E-state index in [1.807, 2.05) is 42.5 Å². The third-order valence-corrected chi connectivity index (χ3v) is 4.54. The Labute approximate surface area is 173 Å². The highest BCUT2D eigenvalue weighted by molar-refractivity contribution is 6.30. The summed E-state index contributed by atoms with van der Waals surface area (Å²) in [6.07, 6.45) is 0. The minimum Gasteiger partial charge on any atom is -0.497 e. The van der Waals surface area contributed by atoms with E-state index >= 15 is 0 Å². The second-order valence-corrected chi connectivity index (χ2v) is 6.68. The molecule has 4 rings (SSSR count). The number of carbonyl (C=O) groups is 1. The first-order valence-corrected chi connectivity index (χ1v) is 9.29. The molecule has 0 spiro atoms. The van der Waals surface area contributed by atoms with Crippen LogP contribution in [0.4, 0.5) is 0 Å². The van der Waals surface area contributed by atoms with Crippen LogP contribution in [0.3, 0.4) is 0 Å². The third kappa shape index (κ3) is 4.15. The van der Waals surface area contributed by atoms with Crippen LogP contribution < -0.4 is 9.47 Å². The predicted octanol–water partition coefficient (Wildman–Crippen LogP) is 5.42. The maximum absolute atomic E-state index is 12.7. The molecule has 144 valence electrons. The molecule has 0 saturated carbocycles. The Bertz CT molecular complexity index is 1160. The molecule has 5 nitrogen and oxygen atoms in total. The van der Waals surface area contributed by atoms with Crippen molar-refractivity contribution in [1.82, 2.24) is 9.78 Å². The van der Waals surface area contributed by atoms with Gasteiger partial charge in [0.25, 0.3) is 0 Å². The summed E-state index contributed by atoms with van der Waals surface area (Å²) in [5, 5.41) is 5.19. The van der Waals surface area contributed by atoms with Crippen molar-refractivity contribution in [3.05, 3.63) is 95.5 Å². The van der Waals surface area contributed by atoms with E-state index in [0.29, 0.717) is 33.6 Å². The largest absolute Gasteiger partial charge is 0.497 e. The van der Waals surface area contributed by atoms with Crippen LogP contribution in [0.5, 0.6) is 11.6 Å². The number of halogens is 1. The number of nitrogens with zero attached hydrogens (tertiary/aromatic N) is 2. The topological polar surface area (TPSA) is 53.4 Å². The van der Waals surface area contributed by atoms with Crippen LogP contribution in [0.15, 0.2) is 84.9 Å². The third-order valence-electron chi connectivity index (χ3n) is 4.30. The van der Waals surface area contributed by atoms with E-state index in [-0.39, 0.29) is 0 Å². The van der Waals surface area contributed by atoms with Crippen molar-refractivity contribution in [2.24, 2.45) is 0 Å². The SMILES string of the molecule is COc1cccc(C(=O)Oc2cc(-c3ccccc3)nn2-c2cccc(Cl)c2)c1. The van der Waals surface area contributed by atoms with Gasteiger partial charge in [-0.15, -0.1) is 0 Å². The molecular formula is C23H17ClN2O3. The molecule has 0 saturated heterocycles. The van der Waals surface area contributed by atoms with Gasteiger partial charge in [0.15, 0.2) is 0 Å². The Morgan fingerprint density at radius 3 is 2.48 bits per heavy atom. The highest BCUT2D eigenvalue weighted by Crippen LogP contribution is 2.28. The Morgan fingerprint density at radius 1 is 0.931 bits per heavy atom. The van der Waals surface area contributed by atoms with Gasteiger partial charge in [0.05, 0.1) is 24.1 Å². The number of rotatable bonds is 5. The van der Waals surface area contributed by atoms with Gasteiger partial charge >= 0.3 is 5.97 Å². The number of benzene rings is 3. The van der Waals surface area contributed by atoms with E-state index in [9.17, 15) is 4.79 Å². The molecule has 1 aromatic heterocycles. The molecule has 0 bridgehead atoms. The predicted molar refractivity (Wildman–Crippen MR) is 112 cm³/mol. The first-order chi connectivity index (χ1) is 14.1. The summed E-state index contributed by atoms with van der Waals surface area (Å²) in [5.74, 6) is 0.360. The zero-order valence-corrected chi connectivity index (χ0v) is 16.3. The van der Waals surface area contributed by atoms with E-state index in [4.69, 9.17) is 21.1 Å². The van der Waals surface area contributed by atoms with Gasteiger partial charge in [-0.05, 0) is 36.4 Å². The molecule has 4 aromatic rings. The number of hydrogen-bond acceptors (Lipinski definition) is 4. The molecule has 6 heteroatoms. The fraction of sp³-hybridized carbons (Fsp3) is 0.0435. The lowest BCUT2D eigenvalue weighted by Gasteiger charge is -2.09. The molecule has 0 aliphatic carbocycles. The normalized spacial score (nSPS) is 10.6. The number of aromatic nitrogens is 2. The Morgan fingerprint density at radius 2 is 1.72 bits per heavy atom. The van der Waals surface area contributed by atoms with E-state index in [1.165, 1.54) is 0 Å². The average molecular weight is 405 g/mol. The van der Waals surface area contributed by atoms with E-state index in [0.717, 1.165) is 5.56 Å². The molecule has 0 radical (unpaired) electrons. The van der Waals surface area contributed by atoms with Crippen LogP contribution in [-0.4, -0.2) is 22.9 Å². The van der Waals surface area contributed by atoms with Crippen LogP contribution in [0.1, 0.15) is 10.4 Å². The van der Waals surface area contributed by atoms with E-state index in [2.05, 4.69) is 5.10 Å². The first kappa shape index (κ1) is 18.8. The zero-order chi connectivity index (χ0) is 20.2. The minimum absolute atomic E-state index is 0.291. The summed E-state index contributed by atoms with van der Waals surface area (Å²) in [4.78, 5) is 12.7. The van der Waals surface area contributed by atoms with Gasteiger partial charge in [0, 0.05) is 16.7 Å². The number of esters is 1. The Kier molecular flexibility index (Phi) is 5.31. The van der Waals surface area contributed by atoms with Gasteiger partial charge in [-0.1, -0.05) is 54.1 Å². The fourth-order valence-electron chi connectivity index (χ4n) is 2.88. The maximum Gasteiger partial charge on any atom is 0.344 e. The first-order valence-electron chi connectivity index (χ1n) is 8.92. The lowest BCUT2D eigenvalue weighted by molar-refractivity contribution is 0.0722. The van der Waals surface area contributed by atoms with Gasteiger partial charge in [0.2, 0.25) is 5.88 Å². The fourth-order valence-corrected chi connectivity index (χ4v) is 3.07. The van der Waals surface area contributed by atoms with Gasteiger partial charge in [-0.2, -0.15) is 9.78 Å². The monoisotopic (exact) mass is 404 g/mol.